The van der Waals surface area contributed by atoms with Crippen LogP contribution in [0.2, 0.25) is 0 Å². The molecule has 17 heavy (non-hydrogen) atoms. The topological polar surface area (TPSA) is 62.0 Å². The zero-order valence-corrected chi connectivity index (χ0v) is 10.8. The fourth-order valence-electron chi connectivity index (χ4n) is 1.19. The molecule has 94 valence electrons. The van der Waals surface area contributed by atoms with E-state index in [1.165, 1.54) is 6.07 Å². The maximum Gasteiger partial charge on any atom is 0.267 e. The molecule has 2 N–H and O–H groups in total. The summed E-state index contributed by atoms with van der Waals surface area (Å²) in [7, 11) is 0. The molecule has 1 heterocycles. The van der Waals surface area contributed by atoms with E-state index in [1.54, 1.807) is 12.1 Å². The van der Waals surface area contributed by atoms with Gasteiger partial charge in [0.05, 0.1) is 0 Å². The molecule has 0 saturated carbocycles. The van der Waals surface area contributed by atoms with Crippen molar-refractivity contribution in [2.75, 3.05) is 6.54 Å². The Hall–Kier alpha value is -1.58. The standard InChI is InChI=1S/C13H20N2O2/c1-9(2)13(3,4)8-14-12(17)10-6-5-7-11(16)15-10/h5-7,9H,8H2,1-4H3,(H,14,17)(H,15,16). The third kappa shape index (κ3) is 3.73. The molecule has 1 aromatic rings. The van der Waals surface area contributed by atoms with Gasteiger partial charge in [0.2, 0.25) is 5.56 Å². The summed E-state index contributed by atoms with van der Waals surface area (Å²) in [5.41, 5.74) is 0.0721. The van der Waals surface area contributed by atoms with Gasteiger partial charge in [-0.3, -0.25) is 9.59 Å². The van der Waals surface area contributed by atoms with Crippen LogP contribution in [0.1, 0.15) is 38.2 Å². The fraction of sp³-hybridized carbons (Fsp3) is 0.538. The highest BCUT2D eigenvalue weighted by atomic mass is 16.2. The van der Waals surface area contributed by atoms with Crippen LogP contribution in [0.4, 0.5) is 0 Å². The number of carbonyl (C=O) groups excluding carboxylic acids is 1. The molecule has 0 aliphatic heterocycles. The molecule has 1 rings (SSSR count). The average Bonchev–Trinajstić information content (AvgIpc) is 2.25. The van der Waals surface area contributed by atoms with E-state index in [0.29, 0.717) is 18.2 Å². The maximum atomic E-state index is 11.8. The lowest BCUT2D eigenvalue weighted by atomic mass is 9.81. The van der Waals surface area contributed by atoms with E-state index in [0.717, 1.165) is 0 Å². The van der Waals surface area contributed by atoms with Crippen molar-refractivity contribution in [3.05, 3.63) is 34.2 Å². The summed E-state index contributed by atoms with van der Waals surface area (Å²) < 4.78 is 0. The first-order valence-electron chi connectivity index (χ1n) is 5.80. The van der Waals surface area contributed by atoms with Crippen LogP contribution in [0, 0.1) is 11.3 Å². The lowest BCUT2D eigenvalue weighted by molar-refractivity contribution is 0.0919. The summed E-state index contributed by atoms with van der Waals surface area (Å²) >= 11 is 0. The Bertz CT molecular complexity index is 447. The fourth-order valence-corrected chi connectivity index (χ4v) is 1.19. The van der Waals surface area contributed by atoms with Crippen LogP contribution < -0.4 is 10.9 Å². The highest BCUT2D eigenvalue weighted by Gasteiger charge is 2.23. The number of pyridine rings is 1. The number of H-pyrrole nitrogens is 1. The van der Waals surface area contributed by atoms with E-state index < -0.39 is 0 Å². The van der Waals surface area contributed by atoms with Crippen molar-refractivity contribution in [1.82, 2.24) is 10.3 Å². The number of carbonyl (C=O) groups is 1. The van der Waals surface area contributed by atoms with Gasteiger partial charge in [0.1, 0.15) is 5.69 Å². The lowest BCUT2D eigenvalue weighted by Crippen LogP contribution is -2.37. The molecular weight excluding hydrogens is 216 g/mol. The predicted molar refractivity (Wildman–Crippen MR) is 68.0 cm³/mol. The van der Waals surface area contributed by atoms with Crippen molar-refractivity contribution >= 4 is 5.91 Å². The highest BCUT2D eigenvalue weighted by Crippen LogP contribution is 2.24. The molecule has 0 unspecified atom stereocenters. The lowest BCUT2D eigenvalue weighted by Gasteiger charge is -2.29. The third-order valence-electron chi connectivity index (χ3n) is 3.28. The quantitative estimate of drug-likeness (QED) is 0.837. The molecular formula is C13H20N2O2. The Kier molecular flexibility index (Phi) is 4.10. The van der Waals surface area contributed by atoms with Gasteiger partial charge in [-0.2, -0.15) is 0 Å². The number of hydrogen-bond donors (Lipinski definition) is 2. The number of aromatic amines is 1. The van der Waals surface area contributed by atoms with Gasteiger partial charge in [0, 0.05) is 12.6 Å². The summed E-state index contributed by atoms with van der Waals surface area (Å²) in [5, 5.41) is 2.84. The van der Waals surface area contributed by atoms with Crippen LogP contribution in [-0.4, -0.2) is 17.4 Å². The SMILES string of the molecule is CC(C)C(C)(C)CNC(=O)c1cccc(=O)[nH]1. The second-order valence-corrected chi connectivity index (χ2v) is 5.25. The van der Waals surface area contributed by atoms with Crippen LogP contribution in [0.25, 0.3) is 0 Å². The molecule has 0 fully saturated rings. The number of hydrogen-bond acceptors (Lipinski definition) is 2. The van der Waals surface area contributed by atoms with Gasteiger partial charge in [-0.25, -0.2) is 0 Å². The van der Waals surface area contributed by atoms with Crippen molar-refractivity contribution < 1.29 is 4.79 Å². The Morgan fingerprint density at radius 1 is 1.41 bits per heavy atom. The third-order valence-corrected chi connectivity index (χ3v) is 3.28. The monoisotopic (exact) mass is 236 g/mol. The zero-order valence-electron chi connectivity index (χ0n) is 10.8. The van der Waals surface area contributed by atoms with Crippen molar-refractivity contribution in [2.45, 2.75) is 27.7 Å². The molecule has 0 aliphatic carbocycles. The Labute approximate surface area is 101 Å². The van der Waals surface area contributed by atoms with Gasteiger partial charge in [-0.05, 0) is 17.4 Å². The Balaban J connectivity index is 2.65. The molecule has 0 radical (unpaired) electrons. The van der Waals surface area contributed by atoms with Gasteiger partial charge >= 0.3 is 0 Å². The van der Waals surface area contributed by atoms with Crippen molar-refractivity contribution in [3.8, 4) is 0 Å². The number of nitrogens with one attached hydrogen (secondary N) is 2. The molecule has 0 atom stereocenters. The van der Waals surface area contributed by atoms with Crippen LogP contribution in [0.5, 0.6) is 0 Å². The maximum absolute atomic E-state index is 11.8. The van der Waals surface area contributed by atoms with Gasteiger partial charge < -0.3 is 10.3 Å². The van der Waals surface area contributed by atoms with E-state index in [1.807, 2.05) is 0 Å². The van der Waals surface area contributed by atoms with Gasteiger partial charge in [0.25, 0.3) is 5.91 Å². The molecule has 0 bridgehead atoms. The molecule has 4 nitrogen and oxygen atoms in total. The van der Waals surface area contributed by atoms with E-state index in [9.17, 15) is 9.59 Å². The van der Waals surface area contributed by atoms with Crippen molar-refractivity contribution in [2.24, 2.45) is 11.3 Å². The molecule has 1 aromatic heterocycles. The van der Waals surface area contributed by atoms with Crippen molar-refractivity contribution in [3.63, 3.8) is 0 Å². The largest absolute Gasteiger partial charge is 0.350 e. The summed E-state index contributed by atoms with van der Waals surface area (Å²) in [6.07, 6.45) is 0. The zero-order chi connectivity index (χ0) is 13.1. The molecule has 0 aliphatic rings. The second-order valence-electron chi connectivity index (χ2n) is 5.25. The van der Waals surface area contributed by atoms with Crippen LogP contribution >= 0.6 is 0 Å². The van der Waals surface area contributed by atoms with E-state index in [-0.39, 0.29) is 16.9 Å². The summed E-state index contributed by atoms with van der Waals surface area (Å²) in [4.78, 5) is 25.4. The number of rotatable bonds is 4. The number of amides is 1. The summed E-state index contributed by atoms with van der Waals surface area (Å²) in [5.74, 6) is 0.231. The molecule has 0 saturated heterocycles. The van der Waals surface area contributed by atoms with E-state index in [2.05, 4.69) is 38.0 Å². The van der Waals surface area contributed by atoms with E-state index in [4.69, 9.17) is 0 Å². The Morgan fingerprint density at radius 2 is 2.06 bits per heavy atom. The predicted octanol–water partition coefficient (Wildman–Crippen LogP) is 1.79. The van der Waals surface area contributed by atoms with Crippen LogP contribution in [-0.2, 0) is 0 Å². The first kappa shape index (κ1) is 13.5. The molecule has 0 spiro atoms. The molecule has 0 aromatic carbocycles. The minimum atomic E-state index is -0.263. The molecule has 4 heteroatoms. The number of aromatic nitrogens is 1. The minimum Gasteiger partial charge on any atom is -0.350 e. The van der Waals surface area contributed by atoms with Gasteiger partial charge in [-0.1, -0.05) is 33.8 Å². The second kappa shape index (κ2) is 5.17. The first-order chi connectivity index (χ1) is 7.83. The smallest absolute Gasteiger partial charge is 0.267 e. The van der Waals surface area contributed by atoms with Crippen LogP contribution in [0.15, 0.2) is 23.0 Å². The Morgan fingerprint density at radius 3 is 2.59 bits per heavy atom. The average molecular weight is 236 g/mol. The summed E-state index contributed by atoms with van der Waals surface area (Å²) in [6, 6.07) is 4.55. The first-order valence-corrected chi connectivity index (χ1v) is 5.80. The summed E-state index contributed by atoms with van der Waals surface area (Å²) in [6.45, 7) is 9.03. The van der Waals surface area contributed by atoms with E-state index >= 15 is 0 Å². The van der Waals surface area contributed by atoms with Crippen LogP contribution in [0.3, 0.4) is 0 Å². The highest BCUT2D eigenvalue weighted by molar-refractivity contribution is 5.92. The van der Waals surface area contributed by atoms with Gasteiger partial charge in [0.15, 0.2) is 0 Å². The minimum absolute atomic E-state index is 0.0325. The van der Waals surface area contributed by atoms with Crippen molar-refractivity contribution in [1.29, 1.82) is 0 Å². The van der Waals surface area contributed by atoms with Gasteiger partial charge in [-0.15, -0.1) is 0 Å². The normalized spacial score (nSPS) is 11.6. The molecule has 1 amide bonds.